The first-order valence-corrected chi connectivity index (χ1v) is 24.6. The molecular formula is C50H74N14O5. The number of likely N-dealkylation sites (tertiary alicyclic amines) is 1. The van der Waals surface area contributed by atoms with Crippen molar-refractivity contribution in [1.29, 1.82) is 0 Å². The Morgan fingerprint density at radius 1 is 0.841 bits per heavy atom. The number of unbranched alkanes of at least 4 members (excludes halogenated alkanes) is 3. The number of nitrogens with one attached hydrogen (secondary N) is 5. The number of guanidine groups is 1. The molecule has 4 aromatic rings. The van der Waals surface area contributed by atoms with Gasteiger partial charge in [0.25, 0.3) is 5.91 Å². The maximum Gasteiger partial charge on any atom is 0.260 e. The van der Waals surface area contributed by atoms with E-state index in [-0.39, 0.29) is 49.5 Å². The largest absolute Gasteiger partial charge is 0.370 e. The summed E-state index contributed by atoms with van der Waals surface area (Å²) in [6, 6.07) is 14.2. The number of amides is 5. The first-order valence-electron chi connectivity index (χ1n) is 24.6. The quantitative estimate of drug-likeness (QED) is 0.0167. The van der Waals surface area contributed by atoms with E-state index in [1.165, 1.54) is 4.90 Å². The van der Waals surface area contributed by atoms with Crippen molar-refractivity contribution in [2.24, 2.45) is 33.1 Å². The summed E-state index contributed by atoms with van der Waals surface area (Å²) >= 11 is 0. The molecule has 1 aliphatic rings. The van der Waals surface area contributed by atoms with E-state index in [2.05, 4.69) is 67.1 Å². The number of carbonyl (C=O) groups is 5. The van der Waals surface area contributed by atoms with Crippen molar-refractivity contribution in [2.45, 2.75) is 141 Å². The summed E-state index contributed by atoms with van der Waals surface area (Å²) in [5.41, 5.74) is 26.1. The van der Waals surface area contributed by atoms with E-state index in [0.29, 0.717) is 94.4 Å². The van der Waals surface area contributed by atoms with Gasteiger partial charge >= 0.3 is 0 Å². The number of aromatic nitrogens is 3. The van der Waals surface area contributed by atoms with Gasteiger partial charge in [-0.2, -0.15) is 0 Å². The summed E-state index contributed by atoms with van der Waals surface area (Å²) in [7, 11) is 0. The molecule has 5 rings (SSSR count). The molecule has 2 aromatic heterocycles. The number of aryl methyl sites for hydroxylation is 1. The summed E-state index contributed by atoms with van der Waals surface area (Å²) in [5, 5.41) is 9.64. The number of nitrogens with zero attached hydrogens (tertiary/aromatic N) is 6. The number of para-hydroxylation sites is 1. The van der Waals surface area contributed by atoms with Crippen LogP contribution in [0.3, 0.4) is 0 Å². The predicted molar refractivity (Wildman–Crippen MR) is 272 cm³/mol. The Balaban J connectivity index is 1.35. The second kappa shape index (κ2) is 27.4. The van der Waals surface area contributed by atoms with E-state index in [1.807, 2.05) is 56.3 Å². The Morgan fingerprint density at radius 2 is 1.59 bits per heavy atom. The van der Waals surface area contributed by atoms with Crippen LogP contribution in [0.4, 0.5) is 5.82 Å². The first kappa shape index (κ1) is 53.3. The summed E-state index contributed by atoms with van der Waals surface area (Å²) in [5.74, 6) is -1.11. The molecule has 0 bridgehead atoms. The number of fused-ring (bicyclic) bond motifs is 3. The highest BCUT2D eigenvalue weighted by Gasteiger charge is 2.39. The lowest BCUT2D eigenvalue weighted by atomic mass is 10.0. The molecule has 0 aliphatic carbocycles. The molecule has 19 heteroatoms. The van der Waals surface area contributed by atoms with Crippen molar-refractivity contribution in [2.75, 3.05) is 31.6 Å². The van der Waals surface area contributed by atoms with Gasteiger partial charge in [-0.25, -0.2) is 9.97 Å². The van der Waals surface area contributed by atoms with Crippen molar-refractivity contribution in [3.05, 3.63) is 66.0 Å². The van der Waals surface area contributed by atoms with Gasteiger partial charge in [-0.05, 0) is 101 Å². The highest BCUT2D eigenvalue weighted by molar-refractivity contribution is 6.07. The fourth-order valence-electron chi connectivity index (χ4n) is 8.68. The highest BCUT2D eigenvalue weighted by atomic mass is 16.2. The average molecular weight is 951 g/mol. The molecule has 4 atom stereocenters. The van der Waals surface area contributed by atoms with Gasteiger partial charge in [0.15, 0.2) is 11.8 Å². The smallest absolute Gasteiger partial charge is 0.260 e. The van der Waals surface area contributed by atoms with Gasteiger partial charge in [0.1, 0.15) is 35.5 Å². The monoisotopic (exact) mass is 951 g/mol. The number of pyridine rings is 1. The lowest BCUT2D eigenvalue weighted by Gasteiger charge is -2.30. The van der Waals surface area contributed by atoms with Crippen LogP contribution in [-0.2, 0) is 36.9 Å². The number of imidazole rings is 1. The van der Waals surface area contributed by atoms with Crippen LogP contribution in [0.2, 0.25) is 0 Å². The lowest BCUT2D eigenvalue weighted by Crippen LogP contribution is -2.58. The summed E-state index contributed by atoms with van der Waals surface area (Å²) in [6.45, 7) is 11.6. The highest BCUT2D eigenvalue weighted by Crippen LogP contribution is 2.31. The van der Waals surface area contributed by atoms with Gasteiger partial charge in [-0.3, -0.25) is 39.8 Å². The standard InChI is InChI=1S/C50H74N14O5/c1-5-6-25-41-60-43-44(64(41)32-34-18-8-7-9-19-34)35-20-10-11-21-36(35)57-45(43)61-62-47(67)37(23-16-29-55-50(52)53)58-46(66)39(31-33(2)3)59-48(68)40-24-17-30-63(40)49(69)38(22-12-14-27-51)56-42(65)26-13-15-28-54-4/h7-11,18-21,33,37-40H,4-6,12-17,22-32,51H2,1-3H3,(H,56,65)(H,57,61)(H,58,66)(H,59,68)(H,62,67)(H4,52,53,55). The van der Waals surface area contributed by atoms with Gasteiger partial charge in [-0.1, -0.05) is 75.7 Å². The minimum atomic E-state index is -1.09. The molecule has 3 heterocycles. The maximum atomic E-state index is 14.3. The molecule has 0 saturated carbocycles. The molecule has 1 aliphatic heterocycles. The predicted octanol–water partition coefficient (Wildman–Crippen LogP) is 3.96. The van der Waals surface area contributed by atoms with Crippen molar-refractivity contribution in [3.63, 3.8) is 0 Å². The van der Waals surface area contributed by atoms with Crippen molar-refractivity contribution >= 4 is 70.0 Å². The van der Waals surface area contributed by atoms with Crippen LogP contribution >= 0.6 is 0 Å². The van der Waals surface area contributed by atoms with Gasteiger partial charge in [0.05, 0.1) is 11.0 Å². The third-order valence-electron chi connectivity index (χ3n) is 12.2. The van der Waals surface area contributed by atoms with Crippen LogP contribution in [-0.4, -0.2) is 112 Å². The zero-order valence-corrected chi connectivity index (χ0v) is 40.7. The first-order chi connectivity index (χ1) is 33.3. The fourth-order valence-corrected chi connectivity index (χ4v) is 8.68. The van der Waals surface area contributed by atoms with Crippen LogP contribution in [0.1, 0.15) is 116 Å². The molecule has 11 N–H and O–H groups in total. The Bertz CT molecular complexity index is 2370. The van der Waals surface area contributed by atoms with Crippen molar-refractivity contribution in [1.82, 2.24) is 40.8 Å². The average Bonchev–Trinajstić information content (AvgIpc) is 3.97. The van der Waals surface area contributed by atoms with Crippen LogP contribution in [0.25, 0.3) is 21.9 Å². The van der Waals surface area contributed by atoms with Crippen LogP contribution in [0.5, 0.6) is 0 Å². The third-order valence-corrected chi connectivity index (χ3v) is 12.2. The minimum Gasteiger partial charge on any atom is -0.370 e. The minimum absolute atomic E-state index is 0.0344. The number of hydrogen-bond donors (Lipinski definition) is 8. The molecular weight excluding hydrogens is 877 g/mol. The second-order valence-corrected chi connectivity index (χ2v) is 18.2. The molecule has 0 radical (unpaired) electrons. The number of aliphatic imine (C=N–C) groups is 2. The van der Waals surface area contributed by atoms with Crippen LogP contribution < -0.4 is 44.0 Å². The molecule has 0 spiro atoms. The van der Waals surface area contributed by atoms with E-state index in [4.69, 9.17) is 27.2 Å². The Hall–Kier alpha value is -6.63. The maximum absolute atomic E-state index is 14.3. The molecule has 1 fully saturated rings. The fraction of sp³-hybridized carbons (Fsp3) is 0.540. The van der Waals surface area contributed by atoms with E-state index in [9.17, 15) is 24.0 Å². The zero-order valence-electron chi connectivity index (χ0n) is 40.7. The number of rotatable bonds is 29. The van der Waals surface area contributed by atoms with Crippen LogP contribution in [0, 0.1) is 5.92 Å². The Morgan fingerprint density at radius 3 is 2.32 bits per heavy atom. The van der Waals surface area contributed by atoms with Crippen LogP contribution in [0.15, 0.2) is 64.6 Å². The van der Waals surface area contributed by atoms with Gasteiger partial charge in [0.2, 0.25) is 23.6 Å². The Kier molecular flexibility index (Phi) is 21.2. The van der Waals surface area contributed by atoms with Crippen molar-refractivity contribution < 1.29 is 24.0 Å². The van der Waals surface area contributed by atoms with Gasteiger partial charge in [-0.15, -0.1) is 0 Å². The SMILES string of the molecule is C=NCCCCC(=O)NC(CCCCN)C(=O)N1CCCC1C(=O)NC(CC(C)C)C(=O)NC(CCCN=C(N)N)C(=O)NNc1nc2ccccc2c2c1nc(CCCC)n2Cc1ccccc1. The summed E-state index contributed by atoms with van der Waals surface area (Å²) in [4.78, 5) is 89.2. The lowest BCUT2D eigenvalue weighted by molar-refractivity contribution is -0.142. The number of hydrogen-bond acceptors (Lipinski definition) is 11. The number of hydrazine groups is 1. The molecule has 1 saturated heterocycles. The number of benzene rings is 2. The summed E-state index contributed by atoms with van der Waals surface area (Å²) in [6.07, 6.45) is 7.58. The third kappa shape index (κ3) is 15.7. The van der Waals surface area contributed by atoms with E-state index >= 15 is 0 Å². The normalized spacial score (nSPS) is 14.8. The molecule has 2 aromatic carbocycles. The molecule has 69 heavy (non-hydrogen) atoms. The molecule has 374 valence electrons. The topological polar surface area (TPSA) is 282 Å². The molecule has 4 unspecified atom stereocenters. The van der Waals surface area contributed by atoms with E-state index < -0.39 is 41.9 Å². The number of nitrogens with two attached hydrogens (primary N) is 3. The molecule has 5 amide bonds. The van der Waals surface area contributed by atoms with E-state index in [0.717, 1.165) is 41.6 Å². The summed E-state index contributed by atoms with van der Waals surface area (Å²) < 4.78 is 2.22. The van der Waals surface area contributed by atoms with Crippen molar-refractivity contribution in [3.8, 4) is 0 Å². The number of carbonyl (C=O) groups excluding carboxylic acids is 5. The van der Waals surface area contributed by atoms with E-state index in [1.54, 1.807) is 0 Å². The molecule has 19 nitrogen and oxygen atoms in total. The Labute approximate surface area is 405 Å². The van der Waals surface area contributed by atoms with Gasteiger partial charge in [0, 0.05) is 44.4 Å². The second-order valence-electron chi connectivity index (χ2n) is 18.2. The zero-order chi connectivity index (χ0) is 49.7. The number of anilines is 1. The van der Waals surface area contributed by atoms with Gasteiger partial charge < -0.3 is 47.6 Å².